The number of guanidine groups is 1. The van der Waals surface area contributed by atoms with Gasteiger partial charge in [0.25, 0.3) is 0 Å². The van der Waals surface area contributed by atoms with E-state index in [1.807, 2.05) is 37.3 Å². The summed E-state index contributed by atoms with van der Waals surface area (Å²) in [6, 6.07) is 14.2. The first-order valence-corrected chi connectivity index (χ1v) is 8.70. The van der Waals surface area contributed by atoms with Crippen molar-refractivity contribution in [1.82, 2.24) is 10.6 Å². The van der Waals surface area contributed by atoms with E-state index in [1.165, 1.54) is 19.1 Å². The molecule has 3 N–H and O–H groups in total. The predicted molar refractivity (Wildman–Crippen MR) is 119 cm³/mol. The molecule has 2 aromatic rings. The summed E-state index contributed by atoms with van der Waals surface area (Å²) < 4.78 is 13.2. The molecule has 0 radical (unpaired) electrons. The number of nitrogens with zero attached hydrogens (tertiary/aromatic N) is 1. The smallest absolute Gasteiger partial charge is 0.221 e. The Balaban J connectivity index is 0.00000364. The second kappa shape index (κ2) is 12.3. The van der Waals surface area contributed by atoms with Gasteiger partial charge in [-0.2, -0.15) is 0 Å². The van der Waals surface area contributed by atoms with Gasteiger partial charge in [-0.1, -0.05) is 24.3 Å². The second-order valence-corrected chi connectivity index (χ2v) is 5.88. The number of amides is 1. The summed E-state index contributed by atoms with van der Waals surface area (Å²) in [5.41, 5.74) is 2.78. The van der Waals surface area contributed by atoms with Gasteiger partial charge in [-0.15, -0.1) is 24.0 Å². The van der Waals surface area contributed by atoms with Crippen LogP contribution in [-0.4, -0.2) is 25.0 Å². The molecule has 0 atom stereocenters. The summed E-state index contributed by atoms with van der Waals surface area (Å²) in [5.74, 6) is 0.370. The van der Waals surface area contributed by atoms with Crippen LogP contribution in [0.15, 0.2) is 53.5 Å². The van der Waals surface area contributed by atoms with Gasteiger partial charge >= 0.3 is 0 Å². The maximum absolute atomic E-state index is 13.2. The molecule has 146 valence electrons. The topological polar surface area (TPSA) is 65.5 Å². The predicted octanol–water partition coefficient (Wildman–Crippen LogP) is 3.70. The van der Waals surface area contributed by atoms with Gasteiger partial charge in [-0.05, 0) is 48.7 Å². The van der Waals surface area contributed by atoms with Crippen molar-refractivity contribution in [1.29, 1.82) is 0 Å². The van der Waals surface area contributed by atoms with E-state index in [2.05, 4.69) is 20.9 Å². The fraction of sp³-hybridized carbons (Fsp3) is 0.300. The van der Waals surface area contributed by atoms with Gasteiger partial charge in [0.05, 0.1) is 6.54 Å². The number of carbonyl (C=O) groups is 1. The number of benzene rings is 2. The molecule has 0 spiro atoms. The Morgan fingerprint density at radius 1 is 1.07 bits per heavy atom. The van der Waals surface area contributed by atoms with Crippen LogP contribution in [0.25, 0.3) is 0 Å². The lowest BCUT2D eigenvalue weighted by Gasteiger charge is -2.11. The molecule has 2 aromatic carbocycles. The Morgan fingerprint density at radius 3 is 2.44 bits per heavy atom. The fourth-order valence-electron chi connectivity index (χ4n) is 2.43. The van der Waals surface area contributed by atoms with Gasteiger partial charge in [0.2, 0.25) is 5.91 Å². The summed E-state index contributed by atoms with van der Waals surface area (Å²) in [6.07, 6.45) is 0.824. The van der Waals surface area contributed by atoms with Gasteiger partial charge in [-0.25, -0.2) is 9.38 Å². The lowest BCUT2D eigenvalue weighted by Crippen LogP contribution is -2.38. The van der Waals surface area contributed by atoms with E-state index in [4.69, 9.17) is 0 Å². The zero-order valence-electron chi connectivity index (χ0n) is 15.6. The third-order valence-corrected chi connectivity index (χ3v) is 3.63. The van der Waals surface area contributed by atoms with Gasteiger partial charge in [0.15, 0.2) is 5.96 Å². The molecule has 0 saturated carbocycles. The van der Waals surface area contributed by atoms with Crippen LogP contribution in [0, 0.1) is 5.82 Å². The van der Waals surface area contributed by atoms with Crippen molar-refractivity contribution in [2.75, 3.05) is 18.4 Å². The van der Waals surface area contributed by atoms with E-state index < -0.39 is 0 Å². The summed E-state index contributed by atoms with van der Waals surface area (Å²) in [7, 11) is 0. The molecule has 2 rings (SSSR count). The normalized spacial score (nSPS) is 10.7. The number of anilines is 1. The monoisotopic (exact) mass is 484 g/mol. The zero-order valence-corrected chi connectivity index (χ0v) is 17.9. The van der Waals surface area contributed by atoms with Gasteiger partial charge in [0, 0.05) is 25.7 Å². The van der Waals surface area contributed by atoms with Crippen LogP contribution in [0.4, 0.5) is 10.1 Å². The fourth-order valence-corrected chi connectivity index (χ4v) is 2.43. The van der Waals surface area contributed by atoms with E-state index in [9.17, 15) is 9.18 Å². The minimum Gasteiger partial charge on any atom is -0.357 e. The summed E-state index contributed by atoms with van der Waals surface area (Å²) in [5, 5.41) is 9.21. The Labute approximate surface area is 176 Å². The van der Waals surface area contributed by atoms with Crippen LogP contribution >= 0.6 is 24.0 Å². The average Bonchev–Trinajstić information content (AvgIpc) is 2.61. The van der Waals surface area contributed by atoms with Crippen molar-refractivity contribution in [3.8, 4) is 0 Å². The standard InChI is InChI=1S/C20H25FN4O.HI/c1-3-22-20(24-14-17-5-4-6-18(21)13-17)23-12-11-16-7-9-19(10-8-16)25-15(2)26;/h4-10,13H,3,11-12,14H2,1-2H3,(H,25,26)(H2,22,23,24);1H. The van der Waals surface area contributed by atoms with Crippen molar-refractivity contribution in [2.24, 2.45) is 4.99 Å². The number of halogens is 2. The molecule has 0 aliphatic rings. The Bertz CT molecular complexity index is 750. The molecular formula is C20H26FIN4O. The molecule has 0 aromatic heterocycles. The SMILES string of the molecule is CCNC(=NCc1cccc(F)c1)NCCc1ccc(NC(C)=O)cc1.I. The van der Waals surface area contributed by atoms with Crippen molar-refractivity contribution >= 4 is 41.5 Å². The second-order valence-electron chi connectivity index (χ2n) is 5.88. The summed E-state index contributed by atoms with van der Waals surface area (Å²) in [6.45, 7) is 5.37. The molecule has 0 unspecified atom stereocenters. The molecule has 5 nitrogen and oxygen atoms in total. The lowest BCUT2D eigenvalue weighted by atomic mass is 10.1. The molecule has 0 fully saturated rings. The van der Waals surface area contributed by atoms with Crippen LogP contribution in [0.3, 0.4) is 0 Å². The highest BCUT2D eigenvalue weighted by atomic mass is 127. The average molecular weight is 484 g/mol. The van der Waals surface area contributed by atoms with Gasteiger partial charge in [-0.3, -0.25) is 4.79 Å². The maximum Gasteiger partial charge on any atom is 0.221 e. The number of rotatable bonds is 7. The van der Waals surface area contributed by atoms with E-state index in [0.29, 0.717) is 19.0 Å². The highest BCUT2D eigenvalue weighted by molar-refractivity contribution is 14.0. The highest BCUT2D eigenvalue weighted by Gasteiger charge is 2.00. The van der Waals surface area contributed by atoms with Crippen molar-refractivity contribution in [2.45, 2.75) is 26.8 Å². The number of hydrogen-bond acceptors (Lipinski definition) is 2. The highest BCUT2D eigenvalue weighted by Crippen LogP contribution is 2.09. The van der Waals surface area contributed by atoms with Crippen LogP contribution < -0.4 is 16.0 Å². The minimum absolute atomic E-state index is 0. The number of hydrogen-bond donors (Lipinski definition) is 3. The lowest BCUT2D eigenvalue weighted by molar-refractivity contribution is -0.114. The maximum atomic E-state index is 13.2. The minimum atomic E-state index is -0.252. The third-order valence-electron chi connectivity index (χ3n) is 3.63. The Hall–Kier alpha value is -2.16. The Kier molecular flexibility index (Phi) is 10.4. The zero-order chi connectivity index (χ0) is 18.8. The summed E-state index contributed by atoms with van der Waals surface area (Å²) in [4.78, 5) is 15.5. The Morgan fingerprint density at radius 2 is 1.81 bits per heavy atom. The first kappa shape index (κ1) is 22.9. The largest absolute Gasteiger partial charge is 0.357 e. The van der Waals surface area contributed by atoms with Crippen molar-refractivity contribution in [3.63, 3.8) is 0 Å². The third kappa shape index (κ3) is 8.85. The summed E-state index contributed by atoms with van der Waals surface area (Å²) >= 11 is 0. The van der Waals surface area contributed by atoms with E-state index in [-0.39, 0.29) is 35.7 Å². The number of aliphatic imine (C=N–C) groups is 1. The van der Waals surface area contributed by atoms with Gasteiger partial charge in [0.1, 0.15) is 5.82 Å². The quantitative estimate of drug-likeness (QED) is 0.319. The van der Waals surface area contributed by atoms with E-state index in [1.54, 1.807) is 6.07 Å². The number of nitrogens with one attached hydrogen (secondary N) is 3. The molecule has 0 heterocycles. The van der Waals surface area contributed by atoms with Crippen LogP contribution in [0.1, 0.15) is 25.0 Å². The molecule has 0 aliphatic carbocycles. The first-order chi connectivity index (χ1) is 12.6. The molecule has 0 aliphatic heterocycles. The van der Waals surface area contributed by atoms with Gasteiger partial charge < -0.3 is 16.0 Å². The van der Waals surface area contributed by atoms with Crippen molar-refractivity contribution < 1.29 is 9.18 Å². The van der Waals surface area contributed by atoms with E-state index >= 15 is 0 Å². The van der Waals surface area contributed by atoms with Crippen LogP contribution in [-0.2, 0) is 17.8 Å². The first-order valence-electron chi connectivity index (χ1n) is 8.70. The van der Waals surface area contributed by atoms with Crippen molar-refractivity contribution in [3.05, 3.63) is 65.5 Å². The molecule has 27 heavy (non-hydrogen) atoms. The molecule has 1 amide bonds. The number of carbonyl (C=O) groups excluding carboxylic acids is 1. The molecule has 7 heteroatoms. The molecular weight excluding hydrogens is 458 g/mol. The molecule has 0 bridgehead atoms. The van der Waals surface area contributed by atoms with E-state index in [0.717, 1.165) is 29.8 Å². The molecule has 0 saturated heterocycles. The van der Waals surface area contributed by atoms with Crippen LogP contribution in [0.5, 0.6) is 0 Å². The van der Waals surface area contributed by atoms with Crippen LogP contribution in [0.2, 0.25) is 0 Å².